The molecule has 0 saturated carbocycles. The minimum atomic E-state index is 0. The molecule has 31 heavy (non-hydrogen) atoms. The highest BCUT2D eigenvalue weighted by Gasteiger charge is 2.21. The van der Waals surface area contributed by atoms with Crippen LogP contribution >= 0.6 is 12.4 Å². The molecule has 0 saturated heterocycles. The van der Waals surface area contributed by atoms with Crippen molar-refractivity contribution in [2.24, 2.45) is 0 Å². The predicted molar refractivity (Wildman–Crippen MR) is 138 cm³/mol. The van der Waals surface area contributed by atoms with Gasteiger partial charge in [0.05, 0.1) is 11.4 Å². The Kier molecular flexibility index (Phi) is 4.38. The summed E-state index contributed by atoms with van der Waals surface area (Å²) in [5, 5.41) is 13.9. The van der Waals surface area contributed by atoms with Gasteiger partial charge in [-0.2, -0.15) is 0 Å². The van der Waals surface area contributed by atoms with E-state index < -0.39 is 0 Å². The van der Waals surface area contributed by atoms with Crippen LogP contribution in [0, 0.1) is 5.41 Å². The lowest BCUT2D eigenvalue weighted by Crippen LogP contribution is -2.39. The second kappa shape index (κ2) is 7.00. The number of anilines is 2. The number of rotatable bonds is 2. The molecule has 0 fully saturated rings. The molecule has 0 radical (unpaired) electrons. The molecule has 4 aromatic rings. The molecule has 2 aliphatic carbocycles. The molecular formula is C27H22ClN3. The molecule has 0 unspecified atom stereocenters. The zero-order chi connectivity index (χ0) is 20.4. The quantitative estimate of drug-likeness (QED) is 0.243. The summed E-state index contributed by atoms with van der Waals surface area (Å²) in [4.78, 5) is 3.95. The molecule has 0 heterocycles. The number of hydrogen-bond acceptors (Lipinski definition) is 1. The van der Waals surface area contributed by atoms with Gasteiger partial charge >= 0.3 is 0 Å². The largest absolute Gasteiger partial charge is 0.315 e. The van der Waals surface area contributed by atoms with Crippen molar-refractivity contribution in [3.8, 4) is 0 Å². The van der Waals surface area contributed by atoms with Gasteiger partial charge in [0.15, 0.2) is 0 Å². The van der Waals surface area contributed by atoms with Crippen molar-refractivity contribution in [3.05, 3.63) is 82.9 Å². The zero-order valence-corrected chi connectivity index (χ0v) is 18.2. The van der Waals surface area contributed by atoms with Crippen LogP contribution in [-0.2, 0) is 0 Å². The maximum atomic E-state index is 8.99. The van der Waals surface area contributed by atoms with Crippen LogP contribution in [0.15, 0.2) is 60.7 Å². The van der Waals surface area contributed by atoms with Crippen molar-refractivity contribution >= 4 is 75.6 Å². The summed E-state index contributed by atoms with van der Waals surface area (Å²) >= 11 is 0. The van der Waals surface area contributed by atoms with Crippen LogP contribution in [0.2, 0.25) is 0 Å². The molecule has 0 amide bonds. The number of hydrogen-bond donors (Lipinski definition) is 1. The first-order valence-electron chi connectivity index (χ1n) is 10.2. The summed E-state index contributed by atoms with van der Waals surface area (Å²) in [5.41, 5.74) is 7.08. The molecule has 2 aliphatic rings. The fourth-order valence-electron chi connectivity index (χ4n) is 4.85. The molecule has 1 N–H and O–H groups in total. The molecule has 0 aromatic heterocycles. The van der Waals surface area contributed by atoms with E-state index in [0.29, 0.717) is 5.96 Å². The van der Waals surface area contributed by atoms with E-state index in [4.69, 9.17) is 5.41 Å². The van der Waals surface area contributed by atoms with Crippen molar-refractivity contribution in [3.63, 3.8) is 0 Å². The van der Waals surface area contributed by atoms with Crippen LogP contribution in [0.3, 0.4) is 0 Å². The van der Waals surface area contributed by atoms with Crippen molar-refractivity contribution in [2.75, 3.05) is 23.9 Å². The van der Waals surface area contributed by atoms with Gasteiger partial charge < -0.3 is 9.80 Å². The van der Waals surface area contributed by atoms with Crippen LogP contribution in [0.4, 0.5) is 11.4 Å². The van der Waals surface area contributed by atoms with Gasteiger partial charge in [0.1, 0.15) is 0 Å². The van der Waals surface area contributed by atoms with Crippen LogP contribution in [-0.4, -0.2) is 20.1 Å². The van der Waals surface area contributed by atoms with Gasteiger partial charge in [-0.15, -0.1) is 12.4 Å². The second-order valence-electron chi connectivity index (χ2n) is 8.00. The molecule has 0 aliphatic heterocycles. The Labute approximate surface area is 187 Å². The molecule has 3 nitrogen and oxygen atoms in total. The first-order chi connectivity index (χ1) is 14.6. The van der Waals surface area contributed by atoms with Gasteiger partial charge in [0, 0.05) is 24.9 Å². The minimum absolute atomic E-state index is 0. The zero-order valence-electron chi connectivity index (χ0n) is 17.4. The van der Waals surface area contributed by atoms with E-state index in [2.05, 4.69) is 85.0 Å². The van der Waals surface area contributed by atoms with Gasteiger partial charge in [-0.25, -0.2) is 0 Å². The lowest BCUT2D eigenvalue weighted by Gasteiger charge is -2.30. The molecule has 0 spiro atoms. The normalized spacial score (nSPS) is 12.5. The van der Waals surface area contributed by atoms with Crippen LogP contribution in [0.5, 0.6) is 0 Å². The van der Waals surface area contributed by atoms with Gasteiger partial charge in [0.2, 0.25) is 5.96 Å². The Morgan fingerprint density at radius 1 is 0.581 bits per heavy atom. The Balaban J connectivity index is 0.00000204. The summed E-state index contributed by atoms with van der Waals surface area (Å²) in [6.07, 6.45) is 8.67. The Hall–Kier alpha value is -3.56. The predicted octanol–water partition coefficient (Wildman–Crippen LogP) is 6.89. The van der Waals surface area contributed by atoms with Crippen LogP contribution < -0.4 is 9.80 Å². The van der Waals surface area contributed by atoms with E-state index in [-0.39, 0.29) is 12.4 Å². The number of guanidine groups is 1. The Morgan fingerprint density at radius 2 is 0.968 bits per heavy atom. The first kappa shape index (κ1) is 19.4. The molecule has 0 bridgehead atoms. The highest BCUT2D eigenvalue weighted by molar-refractivity contribution is 6.17. The average molecular weight is 424 g/mol. The van der Waals surface area contributed by atoms with Gasteiger partial charge in [-0.05, 0) is 45.2 Å². The van der Waals surface area contributed by atoms with Gasteiger partial charge in [-0.3, -0.25) is 5.41 Å². The molecule has 4 aromatic carbocycles. The van der Waals surface area contributed by atoms with E-state index >= 15 is 0 Å². The second-order valence-corrected chi connectivity index (χ2v) is 8.00. The van der Waals surface area contributed by atoms with Crippen LogP contribution in [0.25, 0.3) is 45.8 Å². The number of nitrogens with zero attached hydrogens (tertiary/aromatic N) is 2. The lowest BCUT2D eigenvalue weighted by atomic mass is 10.0. The third-order valence-corrected chi connectivity index (χ3v) is 6.41. The Bertz CT molecular complexity index is 1310. The monoisotopic (exact) mass is 423 g/mol. The van der Waals surface area contributed by atoms with E-state index in [1.54, 1.807) is 0 Å². The molecular weight excluding hydrogens is 402 g/mol. The van der Waals surface area contributed by atoms with Crippen molar-refractivity contribution < 1.29 is 0 Å². The molecule has 4 heteroatoms. The summed E-state index contributed by atoms with van der Waals surface area (Å²) in [6.45, 7) is 0. The maximum absolute atomic E-state index is 8.99. The number of benzene rings is 4. The first-order valence-corrected chi connectivity index (χ1v) is 10.2. The van der Waals surface area contributed by atoms with E-state index in [1.165, 1.54) is 43.8 Å². The average Bonchev–Trinajstić information content (AvgIpc) is 3.40. The number of nitrogens with one attached hydrogen (secondary N) is 1. The highest BCUT2D eigenvalue weighted by atomic mass is 35.5. The molecule has 6 rings (SSSR count). The van der Waals surface area contributed by atoms with Crippen molar-refractivity contribution in [1.29, 1.82) is 5.41 Å². The summed E-state index contributed by atoms with van der Waals surface area (Å²) in [6, 6.07) is 21.3. The molecule has 152 valence electrons. The minimum Gasteiger partial charge on any atom is -0.315 e. The lowest BCUT2D eigenvalue weighted by molar-refractivity contribution is 1.13. The fourth-order valence-corrected chi connectivity index (χ4v) is 4.85. The maximum Gasteiger partial charge on any atom is 0.202 e. The highest BCUT2D eigenvalue weighted by Crippen LogP contribution is 2.39. The smallest absolute Gasteiger partial charge is 0.202 e. The van der Waals surface area contributed by atoms with Crippen molar-refractivity contribution in [2.45, 2.75) is 0 Å². The standard InChI is InChI=1S/C27H21N3.ClH/c1-29(23-15-13-19-11-9-17-5-3-7-21(23)25(17)19)27(28)30(2)24-16-14-20-12-10-18-6-4-8-22(24)26(18)20;/h3-16,28H,1-2H3;1H. The van der Waals surface area contributed by atoms with Gasteiger partial charge in [0.25, 0.3) is 0 Å². The fraction of sp³-hybridized carbons (Fsp3) is 0.0741. The number of halogens is 1. The summed E-state index contributed by atoms with van der Waals surface area (Å²) in [7, 11) is 3.96. The molecule has 0 atom stereocenters. The van der Waals surface area contributed by atoms with Gasteiger partial charge in [-0.1, -0.05) is 72.8 Å². The van der Waals surface area contributed by atoms with Crippen LogP contribution in [0.1, 0.15) is 22.3 Å². The third kappa shape index (κ3) is 2.70. The topological polar surface area (TPSA) is 30.3 Å². The SMILES string of the molecule is CN(C(=N)N(C)c1ccc2c3c(cccc13)C=C2)c1ccc2c3c(cccc13)C=C2.Cl. The summed E-state index contributed by atoms with van der Waals surface area (Å²) < 4.78 is 0. The third-order valence-electron chi connectivity index (χ3n) is 6.41. The van der Waals surface area contributed by atoms with Crippen molar-refractivity contribution in [1.82, 2.24) is 0 Å². The summed E-state index contributed by atoms with van der Waals surface area (Å²) in [5.74, 6) is 0.438. The van der Waals surface area contributed by atoms with E-state index in [9.17, 15) is 0 Å². The van der Waals surface area contributed by atoms with E-state index in [1.807, 2.05) is 23.9 Å². The van der Waals surface area contributed by atoms with E-state index in [0.717, 1.165) is 11.4 Å². The Morgan fingerprint density at radius 3 is 1.39 bits per heavy atom.